The zero-order valence-electron chi connectivity index (χ0n) is 23.1. The molecule has 0 radical (unpaired) electrons. The van der Waals surface area contributed by atoms with Gasteiger partial charge < -0.3 is 9.64 Å². The van der Waals surface area contributed by atoms with Crippen LogP contribution in [0.15, 0.2) is 77.8 Å². The van der Waals surface area contributed by atoms with E-state index in [9.17, 15) is 26.4 Å². The summed E-state index contributed by atoms with van der Waals surface area (Å²) in [7, 11) is -4.38. The van der Waals surface area contributed by atoms with Gasteiger partial charge in [0.25, 0.3) is 15.9 Å². The molecular formula is C30H28ClF3N4O4S. The topological polar surface area (TPSA) is 91.8 Å². The molecule has 5 rings (SSSR count). The van der Waals surface area contributed by atoms with Crippen molar-refractivity contribution in [2.24, 2.45) is 0 Å². The summed E-state index contributed by atoms with van der Waals surface area (Å²) in [6.45, 7) is 4.54. The van der Waals surface area contributed by atoms with Crippen LogP contribution in [0.1, 0.15) is 28.4 Å². The number of nitrogens with one attached hydrogen (secondary N) is 1. The Morgan fingerprint density at radius 1 is 1.00 bits per heavy atom. The summed E-state index contributed by atoms with van der Waals surface area (Å²) >= 11 is 6.24. The van der Waals surface area contributed by atoms with Crippen molar-refractivity contribution in [1.82, 2.24) is 14.8 Å². The number of rotatable bonds is 8. The number of halogens is 4. The van der Waals surface area contributed by atoms with E-state index in [0.717, 1.165) is 29.7 Å². The van der Waals surface area contributed by atoms with Crippen LogP contribution < -0.4 is 9.46 Å². The number of hydrogen-bond acceptors (Lipinski definition) is 6. The van der Waals surface area contributed by atoms with Crippen molar-refractivity contribution in [1.29, 1.82) is 0 Å². The number of anilines is 1. The number of alkyl halides is 3. The Kier molecular flexibility index (Phi) is 8.81. The largest absolute Gasteiger partial charge is 0.573 e. The van der Waals surface area contributed by atoms with E-state index in [1.54, 1.807) is 23.1 Å². The number of carbonyl (C=O) groups excluding carboxylic acids is 1. The highest BCUT2D eigenvalue weighted by Gasteiger charge is 2.34. The lowest BCUT2D eigenvalue weighted by Gasteiger charge is -2.35. The van der Waals surface area contributed by atoms with E-state index in [4.69, 9.17) is 11.6 Å². The first-order valence-electron chi connectivity index (χ1n) is 13.5. The predicted molar refractivity (Wildman–Crippen MR) is 158 cm³/mol. The molecule has 1 N–H and O–H groups in total. The highest BCUT2D eigenvalue weighted by molar-refractivity contribution is 7.93. The van der Waals surface area contributed by atoms with E-state index in [1.807, 2.05) is 12.1 Å². The average molecular weight is 633 g/mol. The number of benzene rings is 3. The van der Waals surface area contributed by atoms with Crippen molar-refractivity contribution in [3.05, 3.63) is 94.6 Å². The SMILES string of the molecule is CCc1cc(Cl)cc(CN2CCN(C(=O)c3ccc(NS(=O)(=O)c4cccc5cccnc45)c(OC(F)(F)F)c3)CC2)c1. The fourth-order valence-electron chi connectivity index (χ4n) is 5.00. The molecule has 1 saturated heterocycles. The van der Waals surface area contributed by atoms with Crippen molar-refractivity contribution in [3.8, 4) is 5.75 Å². The second-order valence-electron chi connectivity index (χ2n) is 10.1. The number of amides is 1. The fraction of sp³-hybridized carbons (Fsp3) is 0.267. The van der Waals surface area contributed by atoms with Crippen LogP contribution in [0.3, 0.4) is 0 Å². The quantitative estimate of drug-likeness (QED) is 0.252. The Morgan fingerprint density at radius 3 is 2.44 bits per heavy atom. The van der Waals surface area contributed by atoms with Gasteiger partial charge in [-0.05, 0) is 60.0 Å². The van der Waals surface area contributed by atoms with Gasteiger partial charge in [-0.25, -0.2) is 8.42 Å². The van der Waals surface area contributed by atoms with E-state index in [0.29, 0.717) is 43.1 Å². The van der Waals surface area contributed by atoms with Crippen molar-refractivity contribution >= 4 is 44.1 Å². The smallest absolute Gasteiger partial charge is 0.404 e. The molecule has 0 aliphatic carbocycles. The van der Waals surface area contributed by atoms with Gasteiger partial charge in [-0.2, -0.15) is 0 Å². The van der Waals surface area contributed by atoms with Gasteiger partial charge in [-0.3, -0.25) is 19.4 Å². The summed E-state index contributed by atoms with van der Waals surface area (Å²) in [5.41, 5.74) is 1.82. The maximum Gasteiger partial charge on any atom is 0.573 e. The number of carbonyl (C=O) groups is 1. The van der Waals surface area contributed by atoms with Crippen molar-refractivity contribution in [2.75, 3.05) is 30.9 Å². The summed E-state index contributed by atoms with van der Waals surface area (Å²) in [6, 6.07) is 17.0. The molecule has 0 spiro atoms. The van der Waals surface area contributed by atoms with E-state index in [-0.39, 0.29) is 16.0 Å². The van der Waals surface area contributed by atoms with E-state index in [1.165, 1.54) is 24.4 Å². The van der Waals surface area contributed by atoms with Crippen molar-refractivity contribution < 1.29 is 31.1 Å². The van der Waals surface area contributed by atoms with Gasteiger partial charge >= 0.3 is 6.36 Å². The lowest BCUT2D eigenvalue weighted by atomic mass is 10.1. The molecule has 0 saturated carbocycles. The van der Waals surface area contributed by atoms with Gasteiger partial charge in [0.05, 0.1) is 11.2 Å². The highest BCUT2D eigenvalue weighted by atomic mass is 35.5. The van der Waals surface area contributed by atoms with E-state index >= 15 is 0 Å². The van der Waals surface area contributed by atoms with Gasteiger partial charge in [0, 0.05) is 54.9 Å². The molecule has 43 heavy (non-hydrogen) atoms. The number of fused-ring (bicyclic) bond motifs is 1. The minimum absolute atomic E-state index is 0.0649. The molecule has 3 aromatic carbocycles. The van der Waals surface area contributed by atoms with Crippen LogP contribution in [0.2, 0.25) is 5.02 Å². The van der Waals surface area contributed by atoms with Crippen LogP contribution in [0, 0.1) is 0 Å². The first kappa shape index (κ1) is 30.6. The minimum Gasteiger partial charge on any atom is -0.404 e. The molecule has 0 bridgehead atoms. The van der Waals surface area contributed by atoms with Crippen LogP contribution in [0.25, 0.3) is 10.9 Å². The first-order chi connectivity index (χ1) is 20.4. The molecule has 8 nitrogen and oxygen atoms in total. The molecular weight excluding hydrogens is 605 g/mol. The Balaban J connectivity index is 1.33. The Hall–Kier alpha value is -3.87. The third kappa shape index (κ3) is 7.38. The number of para-hydroxylation sites is 1. The van der Waals surface area contributed by atoms with E-state index < -0.39 is 33.7 Å². The van der Waals surface area contributed by atoms with Crippen LogP contribution in [0.4, 0.5) is 18.9 Å². The predicted octanol–water partition coefficient (Wildman–Crippen LogP) is 6.11. The summed E-state index contributed by atoms with van der Waals surface area (Å²) in [6.07, 6.45) is -2.86. The van der Waals surface area contributed by atoms with Gasteiger partial charge in [0.2, 0.25) is 0 Å². The molecule has 13 heteroatoms. The monoisotopic (exact) mass is 632 g/mol. The maximum absolute atomic E-state index is 13.3. The van der Waals surface area contributed by atoms with Crippen LogP contribution in [-0.4, -0.2) is 61.7 Å². The molecule has 2 heterocycles. The molecule has 1 fully saturated rings. The maximum atomic E-state index is 13.3. The fourth-order valence-corrected chi connectivity index (χ4v) is 6.54. The van der Waals surface area contributed by atoms with Crippen LogP contribution >= 0.6 is 11.6 Å². The third-order valence-electron chi connectivity index (χ3n) is 7.08. The Bertz CT molecular complexity index is 1760. The highest BCUT2D eigenvalue weighted by Crippen LogP contribution is 2.34. The number of piperazine rings is 1. The van der Waals surface area contributed by atoms with E-state index in [2.05, 4.69) is 32.3 Å². The third-order valence-corrected chi connectivity index (χ3v) is 8.69. The summed E-state index contributed by atoms with van der Waals surface area (Å²) < 4.78 is 72.9. The minimum atomic E-state index is -5.13. The standard InChI is InChI=1S/C30H28ClF3N4O4S/c1-2-20-15-21(17-24(31)16-20)19-37-11-13-38(14-12-37)29(39)23-8-9-25(26(18-23)42-30(32,33)34)36-43(40,41)27-7-3-5-22-6-4-10-35-28(22)27/h3-10,15-18,36H,2,11-14,19H2,1H3. The molecule has 1 aliphatic rings. The number of sulfonamides is 1. The molecule has 0 unspecified atom stereocenters. The zero-order chi connectivity index (χ0) is 30.8. The first-order valence-corrected chi connectivity index (χ1v) is 15.3. The summed E-state index contributed by atoms with van der Waals surface area (Å²) in [4.78, 5) is 20.9. The summed E-state index contributed by atoms with van der Waals surface area (Å²) in [5, 5.41) is 1.20. The van der Waals surface area contributed by atoms with Crippen molar-refractivity contribution in [3.63, 3.8) is 0 Å². The zero-order valence-corrected chi connectivity index (χ0v) is 24.6. The van der Waals surface area contributed by atoms with Crippen LogP contribution in [-0.2, 0) is 23.0 Å². The molecule has 4 aromatic rings. The Morgan fingerprint density at radius 2 is 1.72 bits per heavy atom. The molecule has 1 aliphatic heterocycles. The lowest BCUT2D eigenvalue weighted by molar-refractivity contribution is -0.274. The van der Waals surface area contributed by atoms with Gasteiger partial charge in [0.15, 0.2) is 5.75 Å². The lowest BCUT2D eigenvalue weighted by Crippen LogP contribution is -2.48. The average Bonchev–Trinajstić information content (AvgIpc) is 2.96. The number of pyridine rings is 1. The second-order valence-corrected chi connectivity index (χ2v) is 12.2. The van der Waals surface area contributed by atoms with Crippen LogP contribution in [0.5, 0.6) is 5.75 Å². The normalized spacial score (nSPS) is 14.6. The van der Waals surface area contributed by atoms with Crippen molar-refractivity contribution in [2.45, 2.75) is 31.1 Å². The molecule has 1 aromatic heterocycles. The number of hydrogen-bond donors (Lipinski definition) is 1. The molecule has 226 valence electrons. The van der Waals surface area contributed by atoms with Gasteiger partial charge in [-0.1, -0.05) is 42.8 Å². The molecule has 0 atom stereocenters. The second kappa shape index (κ2) is 12.4. The Labute approximate surface area is 252 Å². The number of aromatic nitrogens is 1. The number of nitrogens with zero attached hydrogens (tertiary/aromatic N) is 3. The molecule has 1 amide bonds. The van der Waals surface area contributed by atoms with Gasteiger partial charge in [-0.15, -0.1) is 13.2 Å². The number of ether oxygens (including phenoxy) is 1. The van der Waals surface area contributed by atoms with Gasteiger partial charge in [0.1, 0.15) is 4.90 Å². The summed E-state index contributed by atoms with van der Waals surface area (Å²) in [5.74, 6) is -1.34. The number of aryl methyl sites for hydroxylation is 1.